The van der Waals surface area contributed by atoms with Crippen molar-refractivity contribution in [3.63, 3.8) is 0 Å². The maximum atomic E-state index is 9.00. The number of alkyl halides is 1. The molecule has 0 aromatic heterocycles. The standard InChI is InChI=1S/C7H7BrO.C2H4O2/c8-5-6-1-3-7(9)4-2-6;1-2(3)4/h1-4,9H,5H2;1H3,(H,3,4). The summed E-state index contributed by atoms with van der Waals surface area (Å²) in [6.07, 6.45) is 0. The molecule has 0 atom stereocenters. The number of carbonyl (C=O) groups is 1. The molecule has 0 unspecified atom stereocenters. The van der Waals surface area contributed by atoms with Crippen molar-refractivity contribution in [1.82, 2.24) is 0 Å². The minimum absolute atomic E-state index is 0.319. The summed E-state index contributed by atoms with van der Waals surface area (Å²) in [5, 5.41) is 17.1. The average molecular weight is 247 g/mol. The lowest BCUT2D eigenvalue weighted by molar-refractivity contribution is -0.134. The third kappa shape index (κ3) is 7.33. The highest BCUT2D eigenvalue weighted by atomic mass is 79.9. The van der Waals surface area contributed by atoms with Crippen LogP contribution in [0.15, 0.2) is 24.3 Å². The van der Waals surface area contributed by atoms with E-state index in [4.69, 9.17) is 15.0 Å². The molecule has 0 bridgehead atoms. The zero-order valence-corrected chi connectivity index (χ0v) is 8.78. The number of aromatic hydroxyl groups is 1. The second-order valence-electron chi connectivity index (χ2n) is 2.32. The van der Waals surface area contributed by atoms with Crippen molar-refractivity contribution in [2.75, 3.05) is 0 Å². The van der Waals surface area contributed by atoms with Gasteiger partial charge in [-0.25, -0.2) is 0 Å². The smallest absolute Gasteiger partial charge is 0.300 e. The van der Waals surface area contributed by atoms with E-state index in [1.807, 2.05) is 12.1 Å². The molecular formula is C9H11BrO3. The van der Waals surface area contributed by atoms with Gasteiger partial charge in [-0.15, -0.1) is 0 Å². The van der Waals surface area contributed by atoms with E-state index in [0.29, 0.717) is 5.75 Å². The zero-order chi connectivity index (χ0) is 10.3. The van der Waals surface area contributed by atoms with Gasteiger partial charge in [0.25, 0.3) is 5.97 Å². The molecule has 13 heavy (non-hydrogen) atoms. The number of rotatable bonds is 1. The molecular weight excluding hydrogens is 236 g/mol. The number of phenolic OH excluding ortho intramolecular Hbond substituents is 1. The highest BCUT2D eigenvalue weighted by molar-refractivity contribution is 9.08. The van der Waals surface area contributed by atoms with Gasteiger partial charge in [0, 0.05) is 12.3 Å². The van der Waals surface area contributed by atoms with Gasteiger partial charge in [-0.3, -0.25) is 4.79 Å². The Morgan fingerprint density at radius 3 is 2.08 bits per heavy atom. The third-order valence-electron chi connectivity index (χ3n) is 1.09. The van der Waals surface area contributed by atoms with E-state index < -0.39 is 5.97 Å². The molecule has 0 fully saturated rings. The Kier molecular flexibility index (Phi) is 5.97. The Balaban J connectivity index is 0.000000310. The molecule has 0 radical (unpaired) electrons. The third-order valence-corrected chi connectivity index (χ3v) is 1.74. The van der Waals surface area contributed by atoms with Gasteiger partial charge in [0.05, 0.1) is 0 Å². The molecule has 0 saturated heterocycles. The quantitative estimate of drug-likeness (QED) is 0.749. The van der Waals surface area contributed by atoms with Crippen LogP contribution in [0, 0.1) is 0 Å². The number of phenols is 1. The van der Waals surface area contributed by atoms with Crippen LogP contribution in [0.25, 0.3) is 0 Å². The summed E-state index contributed by atoms with van der Waals surface area (Å²) in [4.78, 5) is 9.00. The van der Waals surface area contributed by atoms with E-state index in [9.17, 15) is 0 Å². The second-order valence-corrected chi connectivity index (χ2v) is 2.88. The van der Waals surface area contributed by atoms with Crippen LogP contribution in [0.4, 0.5) is 0 Å². The van der Waals surface area contributed by atoms with Crippen LogP contribution in [0.1, 0.15) is 12.5 Å². The Hall–Kier alpha value is -1.03. The van der Waals surface area contributed by atoms with Crippen molar-refractivity contribution < 1.29 is 15.0 Å². The first-order valence-corrected chi connectivity index (χ1v) is 4.71. The van der Waals surface area contributed by atoms with Crippen molar-refractivity contribution in [2.45, 2.75) is 12.3 Å². The van der Waals surface area contributed by atoms with Crippen LogP contribution < -0.4 is 0 Å². The summed E-state index contributed by atoms with van der Waals surface area (Å²) in [6, 6.07) is 7.11. The summed E-state index contributed by atoms with van der Waals surface area (Å²) >= 11 is 3.30. The number of benzene rings is 1. The van der Waals surface area contributed by atoms with E-state index in [2.05, 4.69) is 15.9 Å². The fourth-order valence-electron chi connectivity index (χ4n) is 0.585. The molecule has 0 amide bonds. The number of hydrogen-bond acceptors (Lipinski definition) is 2. The highest BCUT2D eigenvalue weighted by Gasteiger charge is 1.87. The van der Waals surface area contributed by atoms with E-state index in [1.165, 1.54) is 5.56 Å². The predicted molar refractivity (Wildman–Crippen MR) is 54.0 cm³/mol. The van der Waals surface area contributed by atoms with Gasteiger partial charge in [-0.1, -0.05) is 28.1 Å². The van der Waals surface area contributed by atoms with Gasteiger partial charge >= 0.3 is 0 Å². The van der Waals surface area contributed by atoms with E-state index in [1.54, 1.807) is 12.1 Å². The fourth-order valence-corrected chi connectivity index (χ4v) is 0.959. The van der Waals surface area contributed by atoms with Gasteiger partial charge in [-0.05, 0) is 17.7 Å². The lowest BCUT2D eigenvalue weighted by Gasteiger charge is -1.92. The van der Waals surface area contributed by atoms with Crippen LogP contribution in [-0.4, -0.2) is 16.2 Å². The Morgan fingerprint density at radius 2 is 1.77 bits per heavy atom. The Bertz CT molecular complexity index is 252. The number of halogens is 1. The van der Waals surface area contributed by atoms with Crippen LogP contribution in [0.5, 0.6) is 5.75 Å². The molecule has 0 aliphatic rings. The topological polar surface area (TPSA) is 57.5 Å². The summed E-state index contributed by atoms with van der Waals surface area (Å²) < 4.78 is 0. The molecule has 1 rings (SSSR count). The molecule has 0 heterocycles. The first-order chi connectivity index (χ1) is 6.06. The van der Waals surface area contributed by atoms with Gasteiger partial charge in [-0.2, -0.15) is 0 Å². The summed E-state index contributed by atoms with van der Waals surface area (Å²) in [5.41, 5.74) is 1.17. The maximum absolute atomic E-state index is 9.00. The minimum atomic E-state index is -0.833. The van der Waals surface area contributed by atoms with Crippen LogP contribution in [0.3, 0.4) is 0 Å². The number of carboxylic acids is 1. The number of hydrogen-bond donors (Lipinski definition) is 2. The van der Waals surface area contributed by atoms with E-state index in [0.717, 1.165) is 12.3 Å². The average Bonchev–Trinajstić information content (AvgIpc) is 2.05. The lowest BCUT2D eigenvalue weighted by Crippen LogP contribution is -1.78. The number of aliphatic carboxylic acids is 1. The van der Waals surface area contributed by atoms with Crippen LogP contribution in [0.2, 0.25) is 0 Å². The van der Waals surface area contributed by atoms with Crippen molar-refractivity contribution in [1.29, 1.82) is 0 Å². The van der Waals surface area contributed by atoms with Gasteiger partial charge in [0.15, 0.2) is 0 Å². The second kappa shape index (κ2) is 6.48. The molecule has 2 N–H and O–H groups in total. The van der Waals surface area contributed by atoms with Crippen molar-refractivity contribution in [3.8, 4) is 5.75 Å². The zero-order valence-electron chi connectivity index (χ0n) is 7.20. The minimum Gasteiger partial charge on any atom is -0.508 e. The maximum Gasteiger partial charge on any atom is 0.300 e. The van der Waals surface area contributed by atoms with Crippen LogP contribution in [-0.2, 0) is 10.1 Å². The monoisotopic (exact) mass is 246 g/mol. The first kappa shape index (κ1) is 12.0. The van der Waals surface area contributed by atoms with E-state index in [-0.39, 0.29) is 0 Å². The largest absolute Gasteiger partial charge is 0.508 e. The SMILES string of the molecule is CC(=O)O.Oc1ccc(CBr)cc1. The molecule has 1 aromatic carbocycles. The van der Waals surface area contributed by atoms with Gasteiger partial charge < -0.3 is 10.2 Å². The Morgan fingerprint density at radius 1 is 1.38 bits per heavy atom. The van der Waals surface area contributed by atoms with Crippen molar-refractivity contribution >= 4 is 21.9 Å². The lowest BCUT2D eigenvalue weighted by atomic mass is 10.2. The molecule has 3 nitrogen and oxygen atoms in total. The molecule has 72 valence electrons. The molecule has 1 aromatic rings. The first-order valence-electron chi connectivity index (χ1n) is 3.59. The normalized spacial score (nSPS) is 8.46. The molecule has 0 aliphatic carbocycles. The van der Waals surface area contributed by atoms with Crippen LogP contribution >= 0.6 is 15.9 Å². The Labute approximate surface area is 85.1 Å². The highest BCUT2D eigenvalue weighted by Crippen LogP contribution is 2.11. The van der Waals surface area contributed by atoms with Crippen molar-refractivity contribution in [3.05, 3.63) is 29.8 Å². The van der Waals surface area contributed by atoms with Crippen molar-refractivity contribution in [2.24, 2.45) is 0 Å². The summed E-state index contributed by atoms with van der Waals surface area (Å²) in [7, 11) is 0. The van der Waals surface area contributed by atoms with E-state index >= 15 is 0 Å². The molecule has 0 saturated carbocycles. The molecule has 4 heteroatoms. The summed E-state index contributed by atoms with van der Waals surface area (Å²) in [5.74, 6) is -0.514. The molecule has 0 spiro atoms. The van der Waals surface area contributed by atoms with Gasteiger partial charge in [0.1, 0.15) is 5.75 Å². The van der Waals surface area contributed by atoms with Gasteiger partial charge in [0.2, 0.25) is 0 Å². The number of carboxylic acid groups (broad SMARTS) is 1. The molecule has 0 aliphatic heterocycles. The predicted octanol–water partition coefficient (Wildman–Crippen LogP) is 2.38. The fraction of sp³-hybridized carbons (Fsp3) is 0.222. The summed E-state index contributed by atoms with van der Waals surface area (Å²) in [6.45, 7) is 1.08.